The Labute approximate surface area is 182 Å². The number of nitrogens with two attached hydrogens (primary N) is 2. The first-order valence-electron chi connectivity index (χ1n) is 10.4. The standard InChI is InChI=1S/C21H22FN9O/c1-25-13-5-10(22)4-12-15-17(28-16(12)13)29-20(32-11-7-26-19(24)27-8-11)30-18(15)31-3-2-21(9-31)6-14(21)23/h4-5,7-8,14,25H,2-3,6,9,23H2,1H3,(H2,24,26,27)(H,28,29,30). The zero-order valence-corrected chi connectivity index (χ0v) is 17.4. The van der Waals surface area contributed by atoms with Crippen molar-refractivity contribution in [3.63, 3.8) is 0 Å². The number of hydrogen-bond acceptors (Lipinski definition) is 9. The predicted molar refractivity (Wildman–Crippen MR) is 119 cm³/mol. The molecule has 0 amide bonds. The van der Waals surface area contributed by atoms with Crippen molar-refractivity contribution in [1.29, 1.82) is 0 Å². The van der Waals surface area contributed by atoms with Gasteiger partial charge < -0.3 is 31.4 Å². The Morgan fingerprint density at radius 1 is 1.28 bits per heavy atom. The molecule has 1 saturated carbocycles. The van der Waals surface area contributed by atoms with Crippen LogP contribution < -0.4 is 26.4 Å². The maximum Gasteiger partial charge on any atom is 0.326 e. The summed E-state index contributed by atoms with van der Waals surface area (Å²) in [4.78, 5) is 22.7. The van der Waals surface area contributed by atoms with E-state index in [4.69, 9.17) is 21.2 Å². The van der Waals surface area contributed by atoms with Crippen LogP contribution in [0.1, 0.15) is 12.8 Å². The molecule has 6 rings (SSSR count). The van der Waals surface area contributed by atoms with Gasteiger partial charge in [-0.1, -0.05) is 0 Å². The normalized spacial score (nSPS) is 22.2. The SMILES string of the molecule is CNc1cc(F)cc2c1[nH]c1nc(Oc3cnc(N)nc3)nc(N3CCC4(CC4N)C3)c12. The molecule has 4 heterocycles. The predicted octanol–water partition coefficient (Wildman–Crippen LogP) is 2.38. The number of anilines is 3. The van der Waals surface area contributed by atoms with Crippen LogP contribution in [-0.4, -0.2) is 51.1 Å². The van der Waals surface area contributed by atoms with Gasteiger partial charge in [-0.3, -0.25) is 0 Å². The number of nitrogen functional groups attached to an aromatic ring is 1. The van der Waals surface area contributed by atoms with E-state index < -0.39 is 0 Å². The third-order valence-corrected chi connectivity index (χ3v) is 6.55. The third-order valence-electron chi connectivity index (χ3n) is 6.55. The Bertz CT molecular complexity index is 1360. The Hall–Kier alpha value is -3.73. The second kappa shape index (κ2) is 6.63. The summed E-state index contributed by atoms with van der Waals surface area (Å²) in [7, 11) is 1.75. The highest BCUT2D eigenvalue weighted by molar-refractivity contribution is 6.14. The molecule has 10 nitrogen and oxygen atoms in total. The number of nitrogens with one attached hydrogen (secondary N) is 2. The average Bonchev–Trinajstić information content (AvgIpc) is 3.10. The number of fused-ring (bicyclic) bond motifs is 3. The number of ether oxygens (including phenoxy) is 1. The first-order chi connectivity index (χ1) is 15.5. The number of aromatic amines is 1. The number of rotatable bonds is 4. The summed E-state index contributed by atoms with van der Waals surface area (Å²) >= 11 is 0. The number of hydrogen-bond donors (Lipinski definition) is 4. The Kier molecular flexibility index (Phi) is 3.94. The number of halogens is 1. The molecule has 4 aromatic rings. The summed E-state index contributed by atoms with van der Waals surface area (Å²) in [6.45, 7) is 1.61. The fourth-order valence-electron chi connectivity index (χ4n) is 4.71. The summed E-state index contributed by atoms with van der Waals surface area (Å²) in [6, 6.07) is 3.30. The van der Waals surface area contributed by atoms with Gasteiger partial charge in [0.1, 0.15) is 17.3 Å². The highest BCUT2D eigenvalue weighted by Gasteiger charge is 2.56. The van der Waals surface area contributed by atoms with Gasteiger partial charge in [-0.15, -0.1) is 0 Å². The summed E-state index contributed by atoms with van der Waals surface area (Å²) in [5.74, 6) is 0.867. The van der Waals surface area contributed by atoms with Gasteiger partial charge in [0.25, 0.3) is 0 Å². The van der Waals surface area contributed by atoms with Crippen molar-refractivity contribution >= 4 is 39.4 Å². The summed E-state index contributed by atoms with van der Waals surface area (Å²) in [5, 5.41) is 4.50. The average molecular weight is 435 g/mol. The van der Waals surface area contributed by atoms with Crippen molar-refractivity contribution in [2.24, 2.45) is 11.1 Å². The molecular weight excluding hydrogens is 413 g/mol. The maximum atomic E-state index is 14.4. The molecule has 0 bridgehead atoms. The van der Waals surface area contributed by atoms with Crippen LogP contribution in [0.15, 0.2) is 24.5 Å². The number of H-pyrrole nitrogens is 1. The fraction of sp³-hybridized carbons (Fsp3) is 0.333. The Morgan fingerprint density at radius 2 is 2.06 bits per heavy atom. The molecule has 32 heavy (non-hydrogen) atoms. The van der Waals surface area contributed by atoms with Crippen LogP contribution in [0.2, 0.25) is 0 Å². The van der Waals surface area contributed by atoms with E-state index in [9.17, 15) is 4.39 Å². The monoisotopic (exact) mass is 435 g/mol. The minimum Gasteiger partial charge on any atom is -0.421 e. The van der Waals surface area contributed by atoms with Crippen molar-refractivity contribution in [1.82, 2.24) is 24.9 Å². The highest BCUT2D eigenvalue weighted by Crippen LogP contribution is 2.53. The molecule has 2 aliphatic rings. The van der Waals surface area contributed by atoms with Gasteiger partial charge in [0.05, 0.1) is 29.0 Å². The number of aromatic nitrogens is 5. The van der Waals surface area contributed by atoms with Crippen molar-refractivity contribution in [2.45, 2.75) is 18.9 Å². The van der Waals surface area contributed by atoms with Gasteiger partial charge in [-0.2, -0.15) is 9.97 Å². The molecule has 0 radical (unpaired) electrons. The molecule has 2 unspecified atom stereocenters. The van der Waals surface area contributed by atoms with Crippen LogP contribution in [0.5, 0.6) is 11.8 Å². The van der Waals surface area contributed by atoms with Crippen LogP contribution >= 0.6 is 0 Å². The molecule has 6 N–H and O–H groups in total. The van der Waals surface area contributed by atoms with Crippen molar-refractivity contribution < 1.29 is 9.13 Å². The van der Waals surface area contributed by atoms with E-state index in [0.717, 1.165) is 36.8 Å². The third kappa shape index (κ3) is 2.88. The maximum absolute atomic E-state index is 14.4. The lowest BCUT2D eigenvalue weighted by Crippen LogP contribution is -2.24. The fourth-order valence-corrected chi connectivity index (χ4v) is 4.71. The summed E-state index contributed by atoms with van der Waals surface area (Å²) < 4.78 is 20.3. The minimum atomic E-state index is -0.338. The summed E-state index contributed by atoms with van der Waals surface area (Å²) in [6.07, 6.45) is 4.93. The van der Waals surface area contributed by atoms with E-state index in [1.807, 2.05) is 0 Å². The second-order valence-corrected chi connectivity index (χ2v) is 8.53. The topological polar surface area (TPSA) is 144 Å². The Balaban J connectivity index is 1.53. The lowest BCUT2D eigenvalue weighted by Gasteiger charge is -2.19. The largest absolute Gasteiger partial charge is 0.421 e. The number of benzene rings is 1. The number of nitrogens with zero attached hydrogens (tertiary/aromatic N) is 5. The molecule has 2 atom stereocenters. The van der Waals surface area contributed by atoms with Gasteiger partial charge in [0.2, 0.25) is 5.95 Å². The zero-order valence-electron chi connectivity index (χ0n) is 17.4. The molecular formula is C21H22FN9O. The lowest BCUT2D eigenvalue weighted by atomic mass is 10.1. The van der Waals surface area contributed by atoms with Crippen LogP contribution in [0, 0.1) is 11.2 Å². The van der Waals surface area contributed by atoms with Crippen LogP contribution in [0.3, 0.4) is 0 Å². The molecule has 1 aliphatic heterocycles. The molecule has 11 heteroatoms. The van der Waals surface area contributed by atoms with Gasteiger partial charge in [0.15, 0.2) is 5.75 Å². The van der Waals surface area contributed by atoms with E-state index in [2.05, 4.69) is 30.2 Å². The Morgan fingerprint density at radius 3 is 2.75 bits per heavy atom. The van der Waals surface area contributed by atoms with E-state index in [1.54, 1.807) is 7.05 Å². The molecule has 3 aromatic heterocycles. The first-order valence-corrected chi connectivity index (χ1v) is 10.4. The second-order valence-electron chi connectivity index (χ2n) is 8.53. The molecule has 1 spiro atoms. The van der Waals surface area contributed by atoms with Crippen LogP contribution in [0.25, 0.3) is 21.9 Å². The minimum absolute atomic E-state index is 0.136. The van der Waals surface area contributed by atoms with Gasteiger partial charge in [-0.25, -0.2) is 14.4 Å². The van der Waals surface area contributed by atoms with Crippen LogP contribution in [-0.2, 0) is 0 Å². The molecule has 1 aliphatic carbocycles. The lowest BCUT2D eigenvalue weighted by molar-refractivity contribution is 0.440. The van der Waals surface area contributed by atoms with Gasteiger partial charge in [0, 0.05) is 37.0 Å². The van der Waals surface area contributed by atoms with Gasteiger partial charge >= 0.3 is 6.01 Å². The van der Waals surface area contributed by atoms with E-state index >= 15 is 0 Å². The van der Waals surface area contributed by atoms with E-state index in [0.29, 0.717) is 28.3 Å². The van der Waals surface area contributed by atoms with Crippen molar-refractivity contribution in [3.8, 4) is 11.8 Å². The molecule has 164 valence electrons. The molecule has 1 aromatic carbocycles. The molecule has 2 fully saturated rings. The molecule has 1 saturated heterocycles. The quantitative estimate of drug-likeness (QED) is 0.380. The van der Waals surface area contributed by atoms with Crippen LogP contribution in [0.4, 0.5) is 21.8 Å². The van der Waals surface area contributed by atoms with Crippen molar-refractivity contribution in [2.75, 3.05) is 36.1 Å². The van der Waals surface area contributed by atoms with Crippen molar-refractivity contribution in [3.05, 3.63) is 30.3 Å². The highest BCUT2D eigenvalue weighted by atomic mass is 19.1. The van der Waals surface area contributed by atoms with Gasteiger partial charge in [-0.05, 0) is 25.0 Å². The summed E-state index contributed by atoms with van der Waals surface area (Å²) in [5.41, 5.74) is 13.9. The van der Waals surface area contributed by atoms with E-state index in [-0.39, 0.29) is 29.2 Å². The zero-order chi connectivity index (χ0) is 22.0. The van der Waals surface area contributed by atoms with E-state index in [1.165, 1.54) is 24.5 Å². The smallest absolute Gasteiger partial charge is 0.326 e. The first kappa shape index (κ1) is 19.0.